The lowest BCUT2D eigenvalue weighted by atomic mass is 9.83. The summed E-state index contributed by atoms with van der Waals surface area (Å²) >= 11 is 0. The molecule has 15 nitrogen and oxygen atoms in total. The van der Waals surface area contributed by atoms with E-state index in [2.05, 4.69) is 75.5 Å². The van der Waals surface area contributed by atoms with Crippen LogP contribution in [0, 0.1) is 11.8 Å². The van der Waals surface area contributed by atoms with E-state index in [-0.39, 0.29) is 47.8 Å². The first-order chi connectivity index (χ1) is 30.6. The molecule has 4 aliphatic heterocycles. The number of aromatic nitrogens is 2. The first-order valence-electron chi connectivity index (χ1n) is 22.5. The second-order valence-corrected chi connectivity index (χ2v) is 17.9. The fraction of sp³-hybridized carbons (Fsp3) is 0.500. The fourth-order valence-electron chi connectivity index (χ4n) is 10.4. The number of aryl methyl sites for hydroxylation is 1. The lowest BCUT2D eigenvalue weighted by Gasteiger charge is -2.34. The van der Waals surface area contributed by atoms with E-state index in [0.29, 0.717) is 39.1 Å². The molecule has 1 aliphatic carbocycles. The van der Waals surface area contributed by atoms with Crippen LogP contribution < -0.4 is 16.0 Å². The third-order valence-electron chi connectivity index (χ3n) is 13.8. The Hall–Kier alpha value is -5.96. The molecule has 1 aromatic heterocycles. The zero-order valence-electron chi connectivity index (χ0n) is 36.5. The largest absolute Gasteiger partial charge is 0.453 e. The molecule has 3 fully saturated rings. The fourth-order valence-corrected chi connectivity index (χ4v) is 10.4. The van der Waals surface area contributed by atoms with Crippen molar-refractivity contribution in [3.63, 3.8) is 0 Å². The van der Waals surface area contributed by atoms with Crippen molar-refractivity contribution in [1.29, 1.82) is 0 Å². The maximum absolute atomic E-state index is 14.0. The number of rotatable bonds is 10. The van der Waals surface area contributed by atoms with Crippen LogP contribution in [0.25, 0.3) is 33.2 Å². The van der Waals surface area contributed by atoms with Gasteiger partial charge in [-0.05, 0) is 108 Å². The number of H-pyrrole nitrogens is 1. The van der Waals surface area contributed by atoms with Gasteiger partial charge in [-0.3, -0.25) is 14.6 Å². The molecule has 6 atom stereocenters. The molecule has 15 heteroatoms. The van der Waals surface area contributed by atoms with Crippen LogP contribution in [0.4, 0.5) is 9.59 Å². The van der Waals surface area contributed by atoms with Crippen LogP contribution in [0.3, 0.4) is 0 Å². The van der Waals surface area contributed by atoms with E-state index < -0.39 is 24.3 Å². The van der Waals surface area contributed by atoms with E-state index in [4.69, 9.17) is 24.2 Å². The van der Waals surface area contributed by atoms with Gasteiger partial charge in [0.1, 0.15) is 23.7 Å². The third-order valence-corrected chi connectivity index (χ3v) is 13.8. The summed E-state index contributed by atoms with van der Waals surface area (Å²) in [5, 5.41) is 11.5. The van der Waals surface area contributed by atoms with Crippen LogP contribution in [-0.2, 0) is 30.2 Å². The summed E-state index contributed by atoms with van der Waals surface area (Å²) < 4.78 is 15.2. The second-order valence-electron chi connectivity index (χ2n) is 17.9. The van der Waals surface area contributed by atoms with Crippen molar-refractivity contribution in [2.45, 2.75) is 101 Å². The van der Waals surface area contributed by atoms with Gasteiger partial charge in [0.15, 0.2) is 0 Å². The van der Waals surface area contributed by atoms with Gasteiger partial charge in [0.2, 0.25) is 11.8 Å². The van der Waals surface area contributed by atoms with E-state index in [9.17, 15) is 19.2 Å². The predicted octanol–water partition coefficient (Wildman–Crippen LogP) is 6.44. The van der Waals surface area contributed by atoms with E-state index in [1.165, 1.54) is 25.3 Å². The molecule has 9 rings (SSSR count). The number of hydrogen-bond acceptors (Lipinski definition) is 10. The second kappa shape index (κ2) is 18.0. The normalized spacial score (nSPS) is 23.1. The molecule has 4 aromatic rings. The zero-order chi connectivity index (χ0) is 43.8. The molecule has 3 saturated heterocycles. The molecule has 5 aliphatic rings. The quantitative estimate of drug-likeness (QED) is 0.140. The Bertz CT molecular complexity index is 2410. The highest BCUT2D eigenvalue weighted by atomic mass is 16.5. The molecule has 2 unspecified atom stereocenters. The molecule has 332 valence electrons. The highest BCUT2D eigenvalue weighted by Crippen LogP contribution is 2.40. The van der Waals surface area contributed by atoms with Gasteiger partial charge in [-0.1, -0.05) is 56.3 Å². The number of alkyl carbamates (subject to hydrolysis) is 2. The Morgan fingerprint density at radius 3 is 2.16 bits per heavy atom. The van der Waals surface area contributed by atoms with E-state index in [1.54, 1.807) is 0 Å². The van der Waals surface area contributed by atoms with Crippen molar-refractivity contribution in [3.8, 4) is 22.4 Å². The number of imidazole rings is 1. The zero-order valence-corrected chi connectivity index (χ0v) is 36.5. The monoisotopic (exact) mass is 858 g/mol. The van der Waals surface area contributed by atoms with Gasteiger partial charge in [-0.25, -0.2) is 14.6 Å². The molecule has 63 heavy (non-hydrogen) atoms. The van der Waals surface area contributed by atoms with E-state index in [1.807, 2.05) is 29.8 Å². The molecular weight excluding hydrogens is 801 g/mol. The van der Waals surface area contributed by atoms with E-state index >= 15 is 0 Å². The number of amidine groups is 1. The first-order valence-corrected chi connectivity index (χ1v) is 22.5. The lowest BCUT2D eigenvalue weighted by molar-refractivity contribution is -0.137. The van der Waals surface area contributed by atoms with Gasteiger partial charge >= 0.3 is 12.2 Å². The molecular formula is C48H58N8O7. The number of carbonyl (C=O) groups excluding carboxylic acids is 4. The number of hydrogen-bond donors (Lipinski definition) is 4. The molecule has 5 heterocycles. The number of amides is 4. The lowest BCUT2D eigenvalue weighted by Crippen LogP contribution is -2.55. The number of fused-ring (bicyclic) bond motifs is 4. The Morgan fingerprint density at radius 1 is 0.778 bits per heavy atom. The van der Waals surface area contributed by atoms with Crippen molar-refractivity contribution < 1.29 is 33.4 Å². The SMILES string of the molecule is COC(=O)N[C@H](C(=O)N1CCC[C@H]1C1=NC2c3ccc(-c4ccc5cc(-c6cnc([C@@H]7CCCN7C(=O)[C@@H](NC(=O)OC)C7CCOCC7)[nH]6)ccc5c4)cc3CCC2N1)C(C)C. The molecule has 4 N–H and O–H groups in total. The molecule has 4 amide bonds. The number of likely N-dealkylation sites (tertiary alicyclic amines) is 2. The molecule has 0 radical (unpaired) electrons. The van der Waals surface area contributed by atoms with Crippen molar-refractivity contribution in [1.82, 2.24) is 35.7 Å². The van der Waals surface area contributed by atoms with Gasteiger partial charge in [-0.2, -0.15) is 0 Å². The van der Waals surface area contributed by atoms with E-state index in [0.717, 1.165) is 83.3 Å². The maximum Gasteiger partial charge on any atom is 0.407 e. The summed E-state index contributed by atoms with van der Waals surface area (Å²) in [4.78, 5) is 69.5. The van der Waals surface area contributed by atoms with Gasteiger partial charge in [0.25, 0.3) is 0 Å². The highest BCUT2D eigenvalue weighted by molar-refractivity contribution is 5.96. The smallest absolute Gasteiger partial charge is 0.407 e. The number of carbonyl (C=O) groups is 4. The van der Waals surface area contributed by atoms with Gasteiger partial charge in [0.05, 0.1) is 50.3 Å². The predicted molar refractivity (Wildman–Crippen MR) is 238 cm³/mol. The number of methoxy groups -OCH3 is 2. The topological polar surface area (TPSA) is 180 Å². The van der Waals surface area contributed by atoms with Gasteiger partial charge in [0, 0.05) is 31.9 Å². The van der Waals surface area contributed by atoms with Crippen LogP contribution >= 0.6 is 0 Å². The molecule has 0 bridgehead atoms. The Morgan fingerprint density at radius 2 is 1.43 bits per heavy atom. The number of aromatic amines is 1. The molecule has 0 saturated carbocycles. The standard InChI is InChI=1S/C48H58N8O7/c1-27(2)40(53-47(59)61-3)45(57)56-20-6-8-39(56)44-50-36-16-14-33-24-32(13-15-35(33)42(36)52-44)29-9-10-31-25-34(12-11-30(31)23-29)37-26-49-43(51-37)38-7-5-19-55(38)46(58)41(54-48(60)62-4)28-17-21-63-22-18-28/h9-13,15,23-28,36,38-42H,5-8,14,16-22H2,1-4H3,(H,49,51)(H,50,52)(H,53,59)(H,54,60)/t36?,38-,39-,40-,41-,42?/m0/s1. The van der Waals surface area contributed by atoms with Crippen LogP contribution in [0.2, 0.25) is 0 Å². The minimum absolute atomic E-state index is 0.0164. The average molecular weight is 859 g/mol. The van der Waals surface area contributed by atoms with Crippen molar-refractivity contribution in [3.05, 3.63) is 77.7 Å². The summed E-state index contributed by atoms with van der Waals surface area (Å²) in [6, 6.07) is 18.2. The minimum Gasteiger partial charge on any atom is -0.453 e. The van der Waals surface area contributed by atoms with Gasteiger partial charge < -0.3 is 44.9 Å². The summed E-state index contributed by atoms with van der Waals surface area (Å²) in [7, 11) is 2.62. The summed E-state index contributed by atoms with van der Waals surface area (Å²) in [5.41, 5.74) is 6.72. The summed E-state index contributed by atoms with van der Waals surface area (Å²) in [5.74, 6) is 1.29. The Labute approximate surface area is 367 Å². The maximum atomic E-state index is 14.0. The summed E-state index contributed by atoms with van der Waals surface area (Å²) in [6.45, 7) is 6.21. The number of nitrogens with one attached hydrogen (secondary N) is 4. The van der Waals surface area contributed by atoms with Crippen molar-refractivity contribution in [2.75, 3.05) is 40.5 Å². The number of ether oxygens (including phenoxy) is 3. The van der Waals surface area contributed by atoms with Crippen LogP contribution in [0.15, 0.2) is 65.8 Å². The Balaban J connectivity index is 0.888. The number of aliphatic imine (C=N–C) groups is 1. The highest BCUT2D eigenvalue weighted by Gasteiger charge is 2.43. The Kier molecular flexibility index (Phi) is 12.1. The van der Waals surface area contributed by atoms with Crippen LogP contribution in [0.5, 0.6) is 0 Å². The first kappa shape index (κ1) is 42.3. The van der Waals surface area contributed by atoms with Gasteiger partial charge in [-0.15, -0.1) is 0 Å². The third kappa shape index (κ3) is 8.47. The number of benzene rings is 3. The van der Waals surface area contributed by atoms with Crippen LogP contribution in [0.1, 0.15) is 87.8 Å². The summed E-state index contributed by atoms with van der Waals surface area (Å²) in [6.07, 6.45) is 7.25. The minimum atomic E-state index is -0.681. The molecule has 0 spiro atoms. The molecule has 3 aromatic carbocycles. The van der Waals surface area contributed by atoms with Crippen molar-refractivity contribution in [2.24, 2.45) is 16.8 Å². The average Bonchev–Trinajstić information content (AvgIpc) is 4.16. The van der Waals surface area contributed by atoms with Crippen molar-refractivity contribution >= 4 is 40.6 Å². The van der Waals surface area contributed by atoms with Crippen LogP contribution in [-0.4, -0.2) is 114 Å². The number of nitrogens with zero attached hydrogens (tertiary/aromatic N) is 4.